The predicted molar refractivity (Wildman–Crippen MR) is 123 cm³/mol. The summed E-state index contributed by atoms with van der Waals surface area (Å²) in [5, 5.41) is 23.6. The van der Waals surface area contributed by atoms with Crippen molar-refractivity contribution in [1.82, 2.24) is 15.0 Å². The van der Waals surface area contributed by atoms with E-state index < -0.39 is 17.9 Å². The minimum absolute atomic E-state index is 0.121. The number of hydrogen-bond acceptors (Lipinski definition) is 10. The van der Waals surface area contributed by atoms with Crippen molar-refractivity contribution >= 4 is 40.8 Å². The van der Waals surface area contributed by atoms with E-state index in [-0.39, 0.29) is 25.0 Å². The van der Waals surface area contributed by atoms with E-state index in [4.69, 9.17) is 29.1 Å². The van der Waals surface area contributed by atoms with Crippen molar-refractivity contribution in [2.24, 2.45) is 0 Å². The average Bonchev–Trinajstić information content (AvgIpc) is 3.49. The van der Waals surface area contributed by atoms with Crippen LogP contribution in [0.4, 0.5) is 5.69 Å². The number of aromatic nitrogens is 2. The number of carbonyl (C=O) groups excluding carboxylic acids is 2. The summed E-state index contributed by atoms with van der Waals surface area (Å²) in [6, 6.07) is 10.7. The van der Waals surface area contributed by atoms with Gasteiger partial charge in [0.05, 0.1) is 35.2 Å². The third kappa shape index (κ3) is 6.94. The van der Waals surface area contributed by atoms with E-state index in [0.717, 1.165) is 4.88 Å². The van der Waals surface area contributed by atoms with Crippen LogP contribution in [0.2, 0.25) is 0 Å². The Balaban J connectivity index is 0.000000509. The van der Waals surface area contributed by atoms with Crippen LogP contribution < -0.4 is 5.32 Å². The summed E-state index contributed by atoms with van der Waals surface area (Å²) in [6.45, 7) is 3.57. The first-order valence-corrected chi connectivity index (χ1v) is 11.3. The zero-order valence-electron chi connectivity index (χ0n) is 18.5. The molecule has 1 aliphatic heterocycles. The molecule has 1 fully saturated rings. The number of para-hydroxylation sites is 1. The Morgan fingerprint density at radius 2 is 1.86 bits per heavy atom. The van der Waals surface area contributed by atoms with Crippen LogP contribution in [0.3, 0.4) is 0 Å². The molecule has 1 aromatic carbocycles. The number of carboxylic acid groups (broad SMARTS) is 2. The van der Waals surface area contributed by atoms with Gasteiger partial charge in [-0.05, 0) is 30.5 Å². The molecule has 0 radical (unpaired) electrons. The summed E-state index contributed by atoms with van der Waals surface area (Å²) in [4.78, 5) is 50.0. The maximum atomic E-state index is 12.4. The minimum atomic E-state index is -1.82. The van der Waals surface area contributed by atoms with Crippen LogP contribution in [0.5, 0.6) is 0 Å². The Bertz CT molecular complexity index is 1180. The highest BCUT2D eigenvalue weighted by atomic mass is 32.1. The van der Waals surface area contributed by atoms with Crippen molar-refractivity contribution in [3.05, 3.63) is 53.2 Å². The molecule has 4 rings (SSSR count). The van der Waals surface area contributed by atoms with E-state index in [0.29, 0.717) is 36.1 Å². The van der Waals surface area contributed by atoms with E-state index in [9.17, 15) is 9.59 Å². The van der Waals surface area contributed by atoms with E-state index >= 15 is 0 Å². The number of hydrogen-bond donors (Lipinski definition) is 3. The van der Waals surface area contributed by atoms with Gasteiger partial charge in [-0.1, -0.05) is 23.4 Å². The number of thiophene rings is 1. The van der Waals surface area contributed by atoms with Crippen molar-refractivity contribution in [3.63, 3.8) is 0 Å². The normalized spacial score (nSPS) is 13.2. The van der Waals surface area contributed by atoms with E-state index in [2.05, 4.69) is 15.5 Å². The number of nitrogens with one attached hydrogen (secondary N) is 1. The molecule has 3 heterocycles. The highest BCUT2D eigenvalue weighted by Gasteiger charge is 2.33. The Hall–Kier alpha value is -4.10. The van der Waals surface area contributed by atoms with Gasteiger partial charge in [-0.2, -0.15) is 4.98 Å². The number of ether oxygens (including phenoxy) is 1. The first-order valence-electron chi connectivity index (χ1n) is 10.4. The first-order chi connectivity index (χ1) is 16.8. The van der Waals surface area contributed by atoms with E-state index in [1.807, 2.05) is 22.4 Å². The van der Waals surface area contributed by atoms with Crippen LogP contribution in [0.25, 0.3) is 10.7 Å². The van der Waals surface area contributed by atoms with Gasteiger partial charge in [0.15, 0.2) is 0 Å². The van der Waals surface area contributed by atoms with Crippen LogP contribution in [0.15, 0.2) is 46.3 Å². The topological polar surface area (TPSA) is 172 Å². The second-order valence-electron chi connectivity index (χ2n) is 7.25. The van der Waals surface area contributed by atoms with Gasteiger partial charge in [-0.3, -0.25) is 9.69 Å². The lowest BCUT2D eigenvalue weighted by Gasteiger charge is -2.36. The number of carboxylic acids is 2. The fraction of sp³-hybridized carbons (Fsp3) is 0.273. The van der Waals surface area contributed by atoms with Gasteiger partial charge in [0.25, 0.3) is 0 Å². The highest BCUT2D eigenvalue weighted by Crippen LogP contribution is 2.29. The number of esters is 1. The standard InChI is InChI=1S/C20H20N4O4S.C2H2O4/c1-2-27-20(26)14-6-3-4-7-15(14)21-17(25)12-24-10-13(11-24)19-22-18(23-28-19)16-8-5-9-29-16;3-1(4)2(5)6/h3-9,13H,2,10-12H2,1H3,(H,21,25);(H,3,4)(H,5,6). The van der Waals surface area contributed by atoms with Crippen molar-refractivity contribution in [3.8, 4) is 10.7 Å². The number of amides is 1. The molecule has 12 nitrogen and oxygen atoms in total. The molecule has 35 heavy (non-hydrogen) atoms. The molecule has 1 saturated heterocycles. The number of aliphatic carboxylic acids is 2. The fourth-order valence-electron chi connectivity index (χ4n) is 3.13. The second kappa shape index (κ2) is 11.9. The second-order valence-corrected chi connectivity index (χ2v) is 8.20. The lowest BCUT2D eigenvalue weighted by atomic mass is 10.0. The first kappa shape index (κ1) is 25.5. The number of nitrogens with zero attached hydrogens (tertiary/aromatic N) is 3. The van der Waals surface area contributed by atoms with Crippen LogP contribution >= 0.6 is 11.3 Å². The maximum absolute atomic E-state index is 12.4. The zero-order chi connectivity index (χ0) is 25.4. The average molecular weight is 503 g/mol. The number of likely N-dealkylation sites (tertiary alicyclic amines) is 1. The Kier molecular flexibility index (Phi) is 8.64. The molecule has 0 saturated carbocycles. The molecule has 0 spiro atoms. The molecule has 184 valence electrons. The van der Waals surface area contributed by atoms with Gasteiger partial charge in [0, 0.05) is 13.1 Å². The van der Waals surface area contributed by atoms with Crippen molar-refractivity contribution in [1.29, 1.82) is 0 Å². The van der Waals surface area contributed by atoms with E-state index in [1.54, 1.807) is 42.5 Å². The van der Waals surface area contributed by atoms with Gasteiger partial charge in [-0.15, -0.1) is 11.3 Å². The molecule has 3 aromatic rings. The SMILES string of the molecule is CCOC(=O)c1ccccc1NC(=O)CN1CC(c2nc(-c3cccs3)no2)C1.O=C(O)C(=O)O. The van der Waals surface area contributed by atoms with Crippen molar-refractivity contribution in [2.75, 3.05) is 31.6 Å². The van der Waals surface area contributed by atoms with Gasteiger partial charge < -0.3 is 24.8 Å². The lowest BCUT2D eigenvalue weighted by Crippen LogP contribution is -2.48. The lowest BCUT2D eigenvalue weighted by molar-refractivity contribution is -0.159. The number of anilines is 1. The molecular weight excluding hydrogens is 480 g/mol. The molecule has 0 unspecified atom stereocenters. The van der Waals surface area contributed by atoms with Crippen LogP contribution in [0, 0.1) is 0 Å². The number of rotatable bonds is 7. The van der Waals surface area contributed by atoms with Crippen LogP contribution in [-0.4, -0.2) is 75.3 Å². The minimum Gasteiger partial charge on any atom is -0.473 e. The quantitative estimate of drug-likeness (QED) is 0.319. The molecule has 0 aliphatic carbocycles. The number of carbonyl (C=O) groups is 4. The van der Waals surface area contributed by atoms with Gasteiger partial charge in [-0.25, -0.2) is 14.4 Å². The van der Waals surface area contributed by atoms with Gasteiger partial charge in [0.2, 0.25) is 17.6 Å². The summed E-state index contributed by atoms with van der Waals surface area (Å²) in [6.07, 6.45) is 0. The summed E-state index contributed by atoms with van der Waals surface area (Å²) in [7, 11) is 0. The Morgan fingerprint density at radius 3 is 2.49 bits per heavy atom. The Labute approximate surface area is 203 Å². The highest BCUT2D eigenvalue weighted by molar-refractivity contribution is 7.13. The van der Waals surface area contributed by atoms with Crippen LogP contribution in [0.1, 0.15) is 29.1 Å². The summed E-state index contributed by atoms with van der Waals surface area (Å²) < 4.78 is 10.4. The molecular formula is C22H22N4O8S. The fourth-order valence-corrected chi connectivity index (χ4v) is 3.78. The molecule has 13 heteroatoms. The van der Waals surface area contributed by atoms with Gasteiger partial charge in [0.1, 0.15) is 0 Å². The van der Waals surface area contributed by atoms with Crippen LogP contribution in [-0.2, 0) is 19.1 Å². The monoisotopic (exact) mass is 502 g/mol. The molecule has 1 amide bonds. The maximum Gasteiger partial charge on any atom is 0.414 e. The van der Waals surface area contributed by atoms with Crippen molar-refractivity contribution in [2.45, 2.75) is 12.8 Å². The smallest absolute Gasteiger partial charge is 0.414 e. The molecule has 1 aliphatic rings. The zero-order valence-corrected chi connectivity index (χ0v) is 19.4. The number of benzene rings is 1. The third-order valence-corrected chi connectivity index (χ3v) is 5.60. The van der Waals surface area contributed by atoms with E-state index in [1.165, 1.54) is 0 Å². The molecule has 0 bridgehead atoms. The van der Waals surface area contributed by atoms with Gasteiger partial charge >= 0.3 is 17.9 Å². The molecule has 3 N–H and O–H groups in total. The summed E-state index contributed by atoms with van der Waals surface area (Å²) >= 11 is 1.56. The predicted octanol–water partition coefficient (Wildman–Crippen LogP) is 2.17. The largest absolute Gasteiger partial charge is 0.473 e. The molecule has 0 atom stereocenters. The van der Waals surface area contributed by atoms with Crippen molar-refractivity contribution < 1.29 is 38.7 Å². The third-order valence-electron chi connectivity index (χ3n) is 4.74. The summed E-state index contributed by atoms with van der Waals surface area (Å²) in [5.74, 6) is -2.98. The Morgan fingerprint density at radius 1 is 1.14 bits per heavy atom. The summed E-state index contributed by atoms with van der Waals surface area (Å²) in [5.41, 5.74) is 0.793. The molecule has 2 aromatic heterocycles.